The Balaban J connectivity index is 1.63. The number of hydrogen-bond acceptors (Lipinski definition) is 4. The zero-order valence-corrected chi connectivity index (χ0v) is 18.0. The number of alkyl carbamates (subject to hydrolysis) is 1. The molecule has 0 aliphatic rings. The molecule has 0 fully saturated rings. The summed E-state index contributed by atoms with van der Waals surface area (Å²) < 4.78 is 5.29. The summed E-state index contributed by atoms with van der Waals surface area (Å²) in [5, 5.41) is 5.62. The van der Waals surface area contributed by atoms with E-state index in [2.05, 4.69) is 10.6 Å². The summed E-state index contributed by atoms with van der Waals surface area (Å²) in [5.41, 5.74) is 9.19. The average Bonchev–Trinajstić information content (AvgIpc) is 2.83. The van der Waals surface area contributed by atoms with Crippen molar-refractivity contribution >= 4 is 17.7 Å². The number of nitrogens with one attached hydrogen (secondary N) is 2. The van der Waals surface area contributed by atoms with Gasteiger partial charge in [-0.1, -0.05) is 72.8 Å². The summed E-state index contributed by atoms with van der Waals surface area (Å²) in [6.45, 7) is 0.675. The molecule has 32 heavy (non-hydrogen) atoms. The Bertz CT molecular complexity index is 993. The standard InChI is InChI=1S/C26H29N3O3/c27-17-8-7-16-24(29-26(31)32-19-20-10-3-1-4-11-20)25(30)28-23-15-9-14-22(18-23)21-12-5-2-6-13-21/h1-6,9-15,18,24H,7-8,16-17,19,27H2,(H,28,30)(H,29,31)/t24-/m0/s1. The maximum Gasteiger partial charge on any atom is 0.408 e. The van der Waals surface area contributed by atoms with Crippen molar-refractivity contribution in [3.63, 3.8) is 0 Å². The van der Waals surface area contributed by atoms with Crippen molar-refractivity contribution in [2.75, 3.05) is 11.9 Å². The smallest absolute Gasteiger partial charge is 0.408 e. The molecule has 0 saturated carbocycles. The first-order chi connectivity index (χ1) is 15.7. The Morgan fingerprint density at radius 2 is 1.53 bits per heavy atom. The Labute approximate surface area is 188 Å². The van der Waals surface area contributed by atoms with Gasteiger partial charge in [0, 0.05) is 5.69 Å². The van der Waals surface area contributed by atoms with E-state index in [4.69, 9.17) is 10.5 Å². The molecule has 0 spiro atoms. The number of carbonyl (C=O) groups excluding carboxylic acids is 2. The monoisotopic (exact) mass is 431 g/mol. The third-order valence-electron chi connectivity index (χ3n) is 5.01. The molecule has 0 saturated heterocycles. The van der Waals surface area contributed by atoms with Crippen LogP contribution < -0.4 is 16.4 Å². The van der Waals surface area contributed by atoms with Crippen LogP contribution in [0.3, 0.4) is 0 Å². The molecule has 166 valence electrons. The molecule has 1 atom stereocenters. The van der Waals surface area contributed by atoms with Gasteiger partial charge in [0.25, 0.3) is 0 Å². The van der Waals surface area contributed by atoms with E-state index < -0.39 is 12.1 Å². The molecule has 0 unspecified atom stereocenters. The first-order valence-electron chi connectivity index (χ1n) is 10.8. The largest absolute Gasteiger partial charge is 0.445 e. The second-order valence-electron chi connectivity index (χ2n) is 7.48. The van der Waals surface area contributed by atoms with Crippen LogP contribution in [0.4, 0.5) is 10.5 Å². The van der Waals surface area contributed by atoms with Gasteiger partial charge in [-0.3, -0.25) is 4.79 Å². The summed E-state index contributed by atoms with van der Waals surface area (Å²) in [7, 11) is 0. The molecule has 0 radical (unpaired) electrons. The summed E-state index contributed by atoms with van der Waals surface area (Å²) in [6.07, 6.45) is 1.34. The number of carbonyl (C=O) groups is 2. The van der Waals surface area contributed by atoms with Crippen molar-refractivity contribution in [1.29, 1.82) is 0 Å². The van der Waals surface area contributed by atoms with Crippen LogP contribution in [0.5, 0.6) is 0 Å². The Hall–Kier alpha value is -3.64. The van der Waals surface area contributed by atoms with Crippen LogP contribution in [0.1, 0.15) is 24.8 Å². The molecule has 3 rings (SSSR count). The van der Waals surface area contributed by atoms with Gasteiger partial charge in [0.15, 0.2) is 0 Å². The lowest BCUT2D eigenvalue weighted by atomic mass is 10.0. The van der Waals surface area contributed by atoms with Crippen LogP contribution in [0, 0.1) is 0 Å². The van der Waals surface area contributed by atoms with Crippen molar-refractivity contribution in [3.8, 4) is 11.1 Å². The molecule has 2 amide bonds. The van der Waals surface area contributed by atoms with E-state index in [0.717, 1.165) is 29.5 Å². The van der Waals surface area contributed by atoms with Crippen molar-refractivity contribution in [3.05, 3.63) is 90.5 Å². The summed E-state index contributed by atoms with van der Waals surface area (Å²) in [4.78, 5) is 25.3. The van der Waals surface area contributed by atoms with Crippen molar-refractivity contribution in [2.24, 2.45) is 5.73 Å². The minimum Gasteiger partial charge on any atom is -0.445 e. The number of ether oxygens (including phenoxy) is 1. The minimum atomic E-state index is -0.717. The Morgan fingerprint density at radius 1 is 0.844 bits per heavy atom. The number of anilines is 1. The fourth-order valence-corrected chi connectivity index (χ4v) is 3.31. The molecular formula is C26H29N3O3. The highest BCUT2D eigenvalue weighted by Gasteiger charge is 2.21. The average molecular weight is 432 g/mol. The highest BCUT2D eigenvalue weighted by atomic mass is 16.5. The summed E-state index contributed by atoms with van der Waals surface area (Å²) in [6, 6.07) is 26.2. The molecule has 0 heterocycles. The molecule has 6 heteroatoms. The number of rotatable bonds is 10. The zero-order valence-electron chi connectivity index (χ0n) is 18.0. The highest BCUT2D eigenvalue weighted by molar-refractivity contribution is 5.97. The predicted octanol–water partition coefficient (Wildman–Crippen LogP) is 4.72. The molecule has 0 aromatic heterocycles. The van der Waals surface area contributed by atoms with Gasteiger partial charge in [-0.15, -0.1) is 0 Å². The van der Waals surface area contributed by atoms with Gasteiger partial charge in [0.2, 0.25) is 5.91 Å². The fraction of sp³-hybridized carbons (Fsp3) is 0.231. The van der Waals surface area contributed by atoms with Gasteiger partial charge in [0.1, 0.15) is 12.6 Å². The van der Waals surface area contributed by atoms with Gasteiger partial charge in [-0.25, -0.2) is 4.79 Å². The molecule has 0 aliphatic carbocycles. The molecule has 3 aromatic carbocycles. The molecule has 3 aromatic rings. The maximum absolute atomic E-state index is 13.0. The lowest BCUT2D eigenvalue weighted by Crippen LogP contribution is -2.44. The first kappa shape index (κ1) is 23.0. The normalized spacial score (nSPS) is 11.4. The molecule has 0 aliphatic heterocycles. The number of unbranched alkanes of at least 4 members (excludes halogenated alkanes) is 1. The molecule has 6 nitrogen and oxygen atoms in total. The zero-order chi connectivity index (χ0) is 22.6. The first-order valence-corrected chi connectivity index (χ1v) is 10.8. The van der Waals surface area contributed by atoms with Crippen LogP contribution in [-0.4, -0.2) is 24.6 Å². The molecule has 0 bridgehead atoms. The van der Waals surface area contributed by atoms with Crippen LogP contribution in [0.25, 0.3) is 11.1 Å². The summed E-state index contributed by atoms with van der Waals surface area (Å²) >= 11 is 0. The van der Waals surface area contributed by atoms with E-state index in [0.29, 0.717) is 18.7 Å². The van der Waals surface area contributed by atoms with Crippen molar-refractivity contribution < 1.29 is 14.3 Å². The minimum absolute atomic E-state index is 0.142. The van der Waals surface area contributed by atoms with Crippen LogP contribution in [0.2, 0.25) is 0 Å². The quantitative estimate of drug-likeness (QED) is 0.405. The van der Waals surface area contributed by atoms with Gasteiger partial charge in [-0.2, -0.15) is 0 Å². The van der Waals surface area contributed by atoms with Gasteiger partial charge >= 0.3 is 6.09 Å². The van der Waals surface area contributed by atoms with E-state index >= 15 is 0 Å². The van der Waals surface area contributed by atoms with Gasteiger partial charge < -0.3 is 21.1 Å². The van der Waals surface area contributed by atoms with E-state index in [1.54, 1.807) is 0 Å². The second-order valence-corrected chi connectivity index (χ2v) is 7.48. The second kappa shape index (κ2) is 12.3. The third kappa shape index (κ3) is 7.25. The molecular weight excluding hydrogens is 402 g/mol. The van der Waals surface area contributed by atoms with Crippen molar-refractivity contribution in [1.82, 2.24) is 5.32 Å². The van der Waals surface area contributed by atoms with Crippen molar-refractivity contribution in [2.45, 2.75) is 31.9 Å². The summed E-state index contributed by atoms with van der Waals surface area (Å²) in [5.74, 6) is -0.288. The van der Waals surface area contributed by atoms with Crippen LogP contribution >= 0.6 is 0 Å². The maximum atomic E-state index is 13.0. The van der Waals surface area contributed by atoms with Gasteiger partial charge in [0.05, 0.1) is 0 Å². The lowest BCUT2D eigenvalue weighted by molar-refractivity contribution is -0.118. The molecule has 4 N–H and O–H groups in total. The lowest BCUT2D eigenvalue weighted by Gasteiger charge is -2.18. The van der Waals surface area contributed by atoms with Crippen LogP contribution in [-0.2, 0) is 16.1 Å². The number of hydrogen-bond donors (Lipinski definition) is 3. The van der Waals surface area contributed by atoms with Gasteiger partial charge in [-0.05, 0) is 54.6 Å². The van der Waals surface area contributed by atoms with E-state index in [-0.39, 0.29) is 12.5 Å². The number of amides is 2. The van der Waals surface area contributed by atoms with Crippen LogP contribution in [0.15, 0.2) is 84.9 Å². The number of nitrogens with two attached hydrogens (primary N) is 1. The fourth-order valence-electron chi connectivity index (χ4n) is 3.31. The van der Waals surface area contributed by atoms with E-state index in [1.165, 1.54) is 0 Å². The third-order valence-corrected chi connectivity index (χ3v) is 5.01. The predicted molar refractivity (Wildman–Crippen MR) is 127 cm³/mol. The van der Waals surface area contributed by atoms with E-state index in [9.17, 15) is 9.59 Å². The van der Waals surface area contributed by atoms with E-state index in [1.807, 2.05) is 84.9 Å². The Morgan fingerprint density at radius 3 is 2.25 bits per heavy atom. The SMILES string of the molecule is NCCCC[C@H](NC(=O)OCc1ccccc1)C(=O)Nc1cccc(-c2ccccc2)c1. The topological polar surface area (TPSA) is 93.4 Å². The Kier molecular flexibility index (Phi) is 8.83. The number of benzene rings is 3. The highest BCUT2D eigenvalue weighted by Crippen LogP contribution is 2.22.